The molecule has 2 aliphatic carbocycles. The van der Waals surface area contributed by atoms with E-state index in [1.165, 1.54) is 29.7 Å². The number of hydrogen-bond acceptors (Lipinski definition) is 5. The van der Waals surface area contributed by atoms with Gasteiger partial charge in [0.1, 0.15) is 5.69 Å². The Morgan fingerprint density at radius 2 is 1.86 bits per heavy atom. The molecule has 29 heavy (non-hydrogen) atoms. The molecular formula is C21H24N4O4. The fraction of sp³-hybridized carbons (Fsp3) is 0.429. The molecule has 8 nitrogen and oxygen atoms in total. The summed E-state index contributed by atoms with van der Waals surface area (Å²) in [5.74, 6) is -0.526. The molecule has 1 aromatic carbocycles. The van der Waals surface area contributed by atoms with Crippen molar-refractivity contribution in [3.63, 3.8) is 0 Å². The topological polar surface area (TPSA) is 105 Å². The highest BCUT2D eigenvalue weighted by Crippen LogP contribution is 2.33. The number of carboxylic acid groups (broad SMARTS) is 1. The molecule has 0 spiro atoms. The van der Waals surface area contributed by atoms with Crippen LogP contribution in [0.25, 0.3) is 5.69 Å². The smallest absolute Gasteiger partial charge is 0.317 e. The number of carbonyl (C=O) groups excluding carboxylic acids is 1. The molecule has 152 valence electrons. The van der Waals surface area contributed by atoms with Crippen LogP contribution < -0.4 is 10.9 Å². The second-order valence-electron chi connectivity index (χ2n) is 7.87. The Bertz CT molecular complexity index is 949. The summed E-state index contributed by atoms with van der Waals surface area (Å²) in [5.41, 5.74) is 0.471. The van der Waals surface area contributed by atoms with Crippen LogP contribution in [0, 0.1) is 5.92 Å². The second kappa shape index (κ2) is 8.16. The van der Waals surface area contributed by atoms with Gasteiger partial charge in [0.2, 0.25) is 0 Å². The van der Waals surface area contributed by atoms with Crippen LogP contribution in [0.4, 0.5) is 0 Å². The van der Waals surface area contributed by atoms with Gasteiger partial charge in [0.25, 0.3) is 11.5 Å². The van der Waals surface area contributed by atoms with Gasteiger partial charge in [-0.25, -0.2) is 0 Å². The zero-order valence-electron chi connectivity index (χ0n) is 16.0. The first-order valence-corrected chi connectivity index (χ1v) is 9.92. The minimum atomic E-state index is -0.814. The van der Waals surface area contributed by atoms with Gasteiger partial charge in [0, 0.05) is 24.7 Å². The Balaban J connectivity index is 1.37. The number of carboxylic acids is 1. The number of hydrogen-bond donors (Lipinski definition) is 2. The van der Waals surface area contributed by atoms with E-state index in [-0.39, 0.29) is 35.8 Å². The second-order valence-corrected chi connectivity index (χ2v) is 7.87. The lowest BCUT2D eigenvalue weighted by molar-refractivity contribution is -0.139. The average molecular weight is 396 g/mol. The van der Waals surface area contributed by atoms with E-state index in [0.717, 1.165) is 19.4 Å². The number of amides is 1. The van der Waals surface area contributed by atoms with Crippen LogP contribution in [0.3, 0.4) is 0 Å². The summed E-state index contributed by atoms with van der Waals surface area (Å²) in [6.45, 7) is 0.868. The van der Waals surface area contributed by atoms with E-state index >= 15 is 0 Å². The molecule has 2 saturated carbocycles. The Labute approximate surface area is 168 Å². The van der Waals surface area contributed by atoms with E-state index in [1.807, 2.05) is 11.0 Å². The lowest BCUT2D eigenvalue weighted by Gasteiger charge is -2.42. The number of nitrogens with zero attached hydrogens (tertiary/aromatic N) is 3. The molecule has 8 heteroatoms. The van der Waals surface area contributed by atoms with Crippen molar-refractivity contribution in [2.45, 2.75) is 37.8 Å². The quantitative estimate of drug-likeness (QED) is 0.697. The fourth-order valence-electron chi connectivity index (χ4n) is 3.70. The van der Waals surface area contributed by atoms with E-state index in [1.54, 1.807) is 24.3 Å². The number of nitrogens with one attached hydrogen (secondary N) is 1. The molecule has 0 saturated heterocycles. The minimum Gasteiger partial charge on any atom is -0.480 e. The van der Waals surface area contributed by atoms with Gasteiger partial charge in [0.15, 0.2) is 0 Å². The molecule has 2 aromatic rings. The van der Waals surface area contributed by atoms with Crippen molar-refractivity contribution >= 4 is 11.9 Å². The summed E-state index contributed by atoms with van der Waals surface area (Å²) in [7, 11) is 0. The van der Waals surface area contributed by atoms with Gasteiger partial charge in [-0.1, -0.05) is 18.2 Å². The van der Waals surface area contributed by atoms with E-state index in [9.17, 15) is 14.4 Å². The third-order valence-electron chi connectivity index (χ3n) is 5.53. The van der Waals surface area contributed by atoms with Crippen LogP contribution in [0.15, 0.2) is 47.3 Å². The molecule has 2 aliphatic rings. The molecule has 0 aliphatic heterocycles. The zero-order chi connectivity index (χ0) is 20.4. The van der Waals surface area contributed by atoms with Gasteiger partial charge in [0.05, 0.1) is 12.2 Å². The van der Waals surface area contributed by atoms with Crippen molar-refractivity contribution in [3.05, 3.63) is 58.5 Å². The third-order valence-corrected chi connectivity index (χ3v) is 5.53. The maximum absolute atomic E-state index is 12.6. The van der Waals surface area contributed by atoms with Crippen LogP contribution in [0.1, 0.15) is 36.2 Å². The number of aromatic nitrogens is 2. The molecule has 1 aromatic heterocycles. The molecule has 0 atom stereocenters. The normalized spacial score (nSPS) is 20.9. The van der Waals surface area contributed by atoms with Crippen LogP contribution >= 0.6 is 0 Å². The van der Waals surface area contributed by atoms with Gasteiger partial charge in [-0.3, -0.25) is 19.3 Å². The Morgan fingerprint density at radius 3 is 2.52 bits per heavy atom. The molecule has 0 radical (unpaired) electrons. The Kier molecular flexibility index (Phi) is 5.44. The highest BCUT2D eigenvalue weighted by atomic mass is 16.4. The third kappa shape index (κ3) is 4.71. The molecule has 2 fully saturated rings. The largest absolute Gasteiger partial charge is 0.480 e. The molecule has 4 rings (SSSR count). The predicted molar refractivity (Wildman–Crippen MR) is 106 cm³/mol. The Hall–Kier alpha value is -3.00. The van der Waals surface area contributed by atoms with E-state index in [2.05, 4.69) is 10.4 Å². The first kappa shape index (κ1) is 19.3. The summed E-state index contributed by atoms with van der Waals surface area (Å²) in [6.07, 6.45) is 3.80. The van der Waals surface area contributed by atoms with Crippen LogP contribution in [0.2, 0.25) is 0 Å². The van der Waals surface area contributed by atoms with Gasteiger partial charge in [-0.05, 0) is 49.8 Å². The lowest BCUT2D eigenvalue weighted by atomic mass is 9.85. The first-order chi connectivity index (χ1) is 14.0. The first-order valence-electron chi connectivity index (χ1n) is 9.92. The maximum Gasteiger partial charge on any atom is 0.317 e. The van der Waals surface area contributed by atoms with Crippen LogP contribution in [-0.4, -0.2) is 56.8 Å². The van der Waals surface area contributed by atoms with Gasteiger partial charge < -0.3 is 10.4 Å². The average Bonchev–Trinajstić information content (AvgIpc) is 3.48. The van der Waals surface area contributed by atoms with Gasteiger partial charge >= 0.3 is 5.97 Å². The summed E-state index contributed by atoms with van der Waals surface area (Å²) in [6, 6.07) is 11.9. The fourth-order valence-corrected chi connectivity index (χ4v) is 3.70. The highest BCUT2D eigenvalue weighted by Gasteiger charge is 2.37. The van der Waals surface area contributed by atoms with Crippen molar-refractivity contribution in [2.75, 3.05) is 13.1 Å². The number of benzene rings is 1. The summed E-state index contributed by atoms with van der Waals surface area (Å²) >= 11 is 0. The van der Waals surface area contributed by atoms with Crippen molar-refractivity contribution in [2.24, 2.45) is 5.92 Å². The summed E-state index contributed by atoms with van der Waals surface area (Å²) in [5, 5.41) is 16.3. The monoisotopic (exact) mass is 396 g/mol. The molecule has 1 amide bonds. The Morgan fingerprint density at radius 1 is 1.14 bits per heavy atom. The molecule has 2 N–H and O–H groups in total. The van der Waals surface area contributed by atoms with Crippen molar-refractivity contribution in [1.29, 1.82) is 0 Å². The van der Waals surface area contributed by atoms with Gasteiger partial charge in [-0.15, -0.1) is 0 Å². The predicted octanol–water partition coefficient (Wildman–Crippen LogP) is 1.29. The summed E-state index contributed by atoms with van der Waals surface area (Å²) in [4.78, 5) is 37.8. The highest BCUT2D eigenvalue weighted by molar-refractivity contribution is 5.92. The SMILES string of the molecule is O=C(O)CN(CC1CC1)C1CC(NC(=O)c2ccc(=O)n(-c3ccccc3)n2)C1. The van der Waals surface area contributed by atoms with Crippen molar-refractivity contribution in [1.82, 2.24) is 20.0 Å². The van der Waals surface area contributed by atoms with E-state index in [0.29, 0.717) is 11.6 Å². The lowest BCUT2D eigenvalue weighted by Crippen LogP contribution is -2.55. The van der Waals surface area contributed by atoms with Gasteiger partial charge in [-0.2, -0.15) is 9.78 Å². The maximum atomic E-state index is 12.6. The minimum absolute atomic E-state index is 0.0121. The molecular weight excluding hydrogens is 372 g/mol. The number of carbonyl (C=O) groups is 2. The summed E-state index contributed by atoms with van der Waals surface area (Å²) < 4.78 is 1.21. The van der Waals surface area contributed by atoms with Crippen LogP contribution in [0.5, 0.6) is 0 Å². The standard InChI is InChI=1S/C21H24N4O4/c26-19-9-8-18(23-25(19)16-4-2-1-3-5-16)21(29)22-15-10-17(11-15)24(13-20(27)28)12-14-6-7-14/h1-5,8-9,14-15,17H,6-7,10-13H2,(H,22,29)(H,27,28). The zero-order valence-corrected chi connectivity index (χ0v) is 16.0. The number of aliphatic carboxylic acids is 1. The molecule has 0 bridgehead atoms. The van der Waals surface area contributed by atoms with Crippen LogP contribution in [-0.2, 0) is 4.79 Å². The molecule has 0 unspecified atom stereocenters. The van der Waals surface area contributed by atoms with E-state index < -0.39 is 5.97 Å². The number of para-hydroxylation sites is 1. The number of rotatable bonds is 8. The molecule has 1 heterocycles. The van der Waals surface area contributed by atoms with Crippen molar-refractivity contribution in [3.8, 4) is 5.69 Å². The van der Waals surface area contributed by atoms with E-state index in [4.69, 9.17) is 5.11 Å². The van der Waals surface area contributed by atoms with Crippen molar-refractivity contribution < 1.29 is 14.7 Å².